The molecule has 2 rings (SSSR count). The summed E-state index contributed by atoms with van der Waals surface area (Å²) in [5, 5.41) is 2.75. The van der Waals surface area contributed by atoms with E-state index in [4.69, 9.17) is 14.7 Å². The number of H-pyrrole nitrogens is 1. The molecule has 0 atom stereocenters. The third-order valence-corrected chi connectivity index (χ3v) is 2.03. The van der Waals surface area contributed by atoms with Crippen molar-refractivity contribution in [3.63, 3.8) is 0 Å². The van der Waals surface area contributed by atoms with Gasteiger partial charge in [0, 0.05) is 16.1 Å². The maximum atomic E-state index is 11.0. The van der Waals surface area contributed by atoms with Gasteiger partial charge in [0.15, 0.2) is 5.58 Å². The molecule has 0 fully saturated rings. The summed E-state index contributed by atoms with van der Waals surface area (Å²) in [5.41, 5.74) is 9.49. The van der Waals surface area contributed by atoms with Gasteiger partial charge in [0.05, 0.1) is 5.52 Å². The number of aryl methyl sites for hydroxylation is 1. The minimum atomic E-state index is -1.08. The molecule has 1 heterocycles. The lowest BCUT2D eigenvalue weighted by atomic mass is 10.2. The number of rotatable bonds is 1. The minimum Gasteiger partial charge on any atom is -0.422 e. The van der Waals surface area contributed by atoms with Gasteiger partial charge in [-0.1, -0.05) is 0 Å². The Hall–Kier alpha value is -2.73. The molecule has 0 radical (unpaired) electrons. The summed E-state index contributed by atoms with van der Waals surface area (Å²) in [6.07, 6.45) is -1.08. The monoisotopic (exact) mass is 234 g/mol. The first-order valence-electron chi connectivity index (χ1n) is 4.50. The zero-order valence-corrected chi connectivity index (χ0v) is 8.63. The molecule has 0 aliphatic carbocycles. The van der Waals surface area contributed by atoms with E-state index in [9.17, 15) is 9.59 Å². The van der Waals surface area contributed by atoms with Gasteiger partial charge in [0.2, 0.25) is 0 Å². The van der Waals surface area contributed by atoms with Crippen LogP contribution in [0.15, 0.2) is 26.5 Å². The molecule has 0 saturated carbocycles. The Kier molecular flexibility index (Phi) is 2.55. The number of hydrogen-bond donors (Lipinski definition) is 1. The number of nitrogens with one attached hydrogen (secondary N) is 1. The zero-order valence-electron chi connectivity index (χ0n) is 8.63. The first-order chi connectivity index (χ1) is 8.10. The van der Waals surface area contributed by atoms with Gasteiger partial charge in [-0.25, -0.2) is 9.59 Å². The van der Waals surface area contributed by atoms with Gasteiger partial charge in [0.1, 0.15) is 5.75 Å². The van der Waals surface area contributed by atoms with Gasteiger partial charge in [-0.15, -0.1) is 0 Å². The molecule has 0 unspecified atom stereocenters. The molecule has 0 saturated heterocycles. The van der Waals surface area contributed by atoms with Crippen LogP contribution in [0.2, 0.25) is 0 Å². The highest BCUT2D eigenvalue weighted by Gasteiger charge is 2.09. The molecule has 8 heteroatoms. The second-order valence-electron chi connectivity index (χ2n) is 3.19. The Labute approximate surface area is 93.4 Å². The smallest absolute Gasteiger partial charge is 0.417 e. The molecule has 0 aliphatic rings. The van der Waals surface area contributed by atoms with Crippen LogP contribution in [0.4, 0.5) is 4.79 Å². The SMILES string of the molecule is Cc1cc(OC(=O)N=[N+]=[N-])cc2oc(=O)[nH]c12. The van der Waals surface area contributed by atoms with Crippen molar-refractivity contribution < 1.29 is 13.9 Å². The van der Waals surface area contributed by atoms with Crippen LogP contribution in [0.5, 0.6) is 5.75 Å². The van der Waals surface area contributed by atoms with Crippen molar-refractivity contribution in [2.45, 2.75) is 6.92 Å². The topological polar surface area (TPSA) is 121 Å². The summed E-state index contributed by atoms with van der Waals surface area (Å²) in [6.45, 7) is 1.71. The number of hydrogen-bond acceptors (Lipinski definition) is 4. The molecule has 0 aliphatic heterocycles. The van der Waals surface area contributed by atoms with Gasteiger partial charge in [0.25, 0.3) is 0 Å². The van der Waals surface area contributed by atoms with Crippen molar-refractivity contribution in [3.05, 3.63) is 38.7 Å². The molecule has 1 N–H and O–H groups in total. The number of carbonyl (C=O) groups is 1. The average molecular weight is 234 g/mol. The average Bonchev–Trinajstić information content (AvgIpc) is 2.59. The Morgan fingerprint density at radius 3 is 3.06 bits per heavy atom. The Balaban J connectivity index is 2.46. The summed E-state index contributed by atoms with van der Waals surface area (Å²) in [6, 6.07) is 2.86. The number of fused-ring (bicyclic) bond motifs is 1. The lowest BCUT2D eigenvalue weighted by Crippen LogP contribution is -2.00. The quantitative estimate of drug-likeness (QED) is 0.461. The third-order valence-electron chi connectivity index (χ3n) is 2.03. The predicted molar refractivity (Wildman–Crippen MR) is 56.7 cm³/mol. The molecule has 1 aromatic heterocycles. The fourth-order valence-corrected chi connectivity index (χ4v) is 1.41. The van der Waals surface area contributed by atoms with Crippen molar-refractivity contribution in [2.75, 3.05) is 0 Å². The largest absolute Gasteiger partial charge is 0.422 e. The second-order valence-corrected chi connectivity index (χ2v) is 3.19. The van der Waals surface area contributed by atoms with Crippen LogP contribution < -0.4 is 10.5 Å². The third kappa shape index (κ3) is 2.11. The van der Waals surface area contributed by atoms with Crippen molar-refractivity contribution in [3.8, 4) is 5.75 Å². The summed E-state index contributed by atoms with van der Waals surface area (Å²) in [4.78, 5) is 26.7. The van der Waals surface area contributed by atoms with E-state index in [1.54, 1.807) is 6.92 Å². The van der Waals surface area contributed by atoms with Crippen LogP contribution in [0, 0.1) is 6.92 Å². The van der Waals surface area contributed by atoms with Gasteiger partial charge in [-0.3, -0.25) is 4.98 Å². The summed E-state index contributed by atoms with van der Waals surface area (Å²) >= 11 is 0. The van der Waals surface area contributed by atoms with E-state index in [1.807, 2.05) is 0 Å². The summed E-state index contributed by atoms with van der Waals surface area (Å²) < 4.78 is 9.54. The number of aromatic amines is 1. The van der Waals surface area contributed by atoms with Crippen LogP contribution >= 0.6 is 0 Å². The highest BCUT2D eigenvalue weighted by Crippen LogP contribution is 2.22. The number of aromatic nitrogens is 1. The molecule has 17 heavy (non-hydrogen) atoms. The number of benzene rings is 1. The van der Waals surface area contributed by atoms with E-state index >= 15 is 0 Å². The van der Waals surface area contributed by atoms with E-state index in [0.29, 0.717) is 11.1 Å². The van der Waals surface area contributed by atoms with Crippen molar-refractivity contribution in [1.29, 1.82) is 0 Å². The number of amides is 1. The maximum Gasteiger partial charge on any atom is 0.417 e. The Morgan fingerprint density at radius 2 is 2.35 bits per heavy atom. The molecule has 1 aromatic carbocycles. The van der Waals surface area contributed by atoms with Crippen molar-refractivity contribution in [2.24, 2.45) is 5.11 Å². The second kappa shape index (κ2) is 4.03. The van der Waals surface area contributed by atoms with Crippen LogP contribution in [-0.2, 0) is 0 Å². The van der Waals surface area contributed by atoms with Gasteiger partial charge < -0.3 is 9.15 Å². The fourth-order valence-electron chi connectivity index (χ4n) is 1.41. The van der Waals surface area contributed by atoms with Crippen LogP contribution in [0.1, 0.15) is 5.56 Å². The van der Waals surface area contributed by atoms with Crippen LogP contribution in [0.3, 0.4) is 0 Å². The molecule has 1 amide bonds. The number of azide groups is 1. The van der Waals surface area contributed by atoms with Gasteiger partial charge in [-0.05, 0) is 24.1 Å². The van der Waals surface area contributed by atoms with E-state index in [0.717, 1.165) is 0 Å². The van der Waals surface area contributed by atoms with Crippen LogP contribution in [-0.4, -0.2) is 11.1 Å². The first kappa shape index (κ1) is 10.8. The number of oxazole rings is 1. The minimum absolute atomic E-state index is 0.134. The normalized spacial score (nSPS) is 9.94. The van der Waals surface area contributed by atoms with Gasteiger partial charge >= 0.3 is 11.8 Å². The fraction of sp³-hybridized carbons (Fsp3) is 0.111. The van der Waals surface area contributed by atoms with E-state index in [2.05, 4.69) is 15.0 Å². The highest BCUT2D eigenvalue weighted by atomic mass is 16.6. The van der Waals surface area contributed by atoms with Gasteiger partial charge in [-0.2, -0.15) is 0 Å². The first-order valence-corrected chi connectivity index (χ1v) is 4.50. The lowest BCUT2D eigenvalue weighted by molar-refractivity contribution is 0.211. The highest BCUT2D eigenvalue weighted by molar-refractivity contribution is 5.79. The van der Waals surface area contributed by atoms with Crippen molar-refractivity contribution in [1.82, 2.24) is 4.98 Å². The molecule has 8 nitrogen and oxygen atoms in total. The van der Waals surface area contributed by atoms with E-state index in [1.165, 1.54) is 12.1 Å². The predicted octanol–water partition coefficient (Wildman–Crippen LogP) is 2.24. The molecular formula is C9H6N4O4. The van der Waals surface area contributed by atoms with Crippen LogP contribution in [0.25, 0.3) is 21.5 Å². The summed E-state index contributed by atoms with van der Waals surface area (Å²) in [7, 11) is 0. The van der Waals surface area contributed by atoms with E-state index < -0.39 is 11.8 Å². The Bertz CT molecular complexity index is 693. The molecule has 0 bridgehead atoms. The number of nitrogens with zero attached hydrogens (tertiary/aromatic N) is 3. The molecular weight excluding hydrogens is 228 g/mol. The maximum absolute atomic E-state index is 11.0. The number of carbonyl (C=O) groups excluding carboxylic acids is 1. The molecule has 0 spiro atoms. The van der Waals surface area contributed by atoms with E-state index in [-0.39, 0.29) is 11.3 Å². The van der Waals surface area contributed by atoms with Crippen molar-refractivity contribution >= 4 is 17.2 Å². The molecule has 86 valence electrons. The zero-order chi connectivity index (χ0) is 12.4. The Morgan fingerprint density at radius 1 is 1.59 bits per heavy atom. The number of ether oxygens (including phenoxy) is 1. The lowest BCUT2D eigenvalue weighted by Gasteiger charge is -2.01. The summed E-state index contributed by atoms with van der Waals surface area (Å²) in [5.74, 6) is -0.461. The molecule has 2 aromatic rings. The standard InChI is InChI=1S/C9H6N4O4/c1-4-2-5(16-9(15)12-13-10)3-6-7(4)11-8(14)17-6/h2-3H,1H3,(H,11,14).